The van der Waals surface area contributed by atoms with Gasteiger partial charge in [-0.2, -0.15) is 0 Å². The normalized spacial score (nSPS) is 10.6. The van der Waals surface area contributed by atoms with Gasteiger partial charge in [0.05, 0.1) is 15.6 Å². The van der Waals surface area contributed by atoms with Crippen LogP contribution in [0.5, 0.6) is 0 Å². The number of nitrogens with two attached hydrogens (primary N) is 1. The van der Waals surface area contributed by atoms with E-state index in [1.54, 1.807) is 0 Å². The summed E-state index contributed by atoms with van der Waals surface area (Å²) in [6.07, 6.45) is 4.85. The van der Waals surface area contributed by atoms with Crippen LogP contribution in [0.3, 0.4) is 0 Å². The Balaban J connectivity index is 3.21. The first-order chi connectivity index (χ1) is 7.34. The van der Waals surface area contributed by atoms with Crippen LogP contribution in [0, 0.1) is 12.3 Å². The van der Waals surface area contributed by atoms with Gasteiger partial charge in [-0.05, 0) is 24.1 Å². The zero-order valence-corrected chi connectivity index (χ0v) is 9.47. The van der Waals surface area contributed by atoms with Gasteiger partial charge in [-0.3, -0.25) is 4.79 Å². The molecule has 84 valence electrons. The number of hydrogen-bond acceptors (Lipinski definition) is 3. The molecule has 0 aliphatic rings. The minimum absolute atomic E-state index is 0.0936. The third kappa shape index (κ3) is 2.97. The first kappa shape index (κ1) is 12.5. The average Bonchev–Trinajstić information content (AvgIpc) is 2.19. The molecule has 1 aromatic rings. The predicted octanol–water partition coefficient (Wildman–Crippen LogP) is 0.559. The molecule has 0 saturated carbocycles. The number of sulfonamides is 1. The Hall–Kier alpha value is -1.55. The lowest BCUT2D eigenvalue weighted by atomic mass is 10.3. The van der Waals surface area contributed by atoms with Crippen molar-refractivity contribution in [3.05, 3.63) is 23.2 Å². The van der Waals surface area contributed by atoms with E-state index in [0.717, 1.165) is 6.07 Å². The molecule has 1 amide bonds. The molecule has 3 N–H and O–H groups in total. The predicted molar refractivity (Wildman–Crippen MR) is 60.3 cm³/mol. The molecule has 0 heterocycles. The van der Waals surface area contributed by atoms with E-state index in [-0.39, 0.29) is 15.6 Å². The molecule has 0 aliphatic carbocycles. The van der Waals surface area contributed by atoms with E-state index < -0.39 is 15.9 Å². The SMILES string of the molecule is C#CC(=O)Nc1cc(S(N)(=O)=O)ccc1Cl. The lowest BCUT2D eigenvalue weighted by Crippen LogP contribution is -2.14. The van der Waals surface area contributed by atoms with Gasteiger partial charge in [0.25, 0.3) is 5.91 Å². The lowest BCUT2D eigenvalue weighted by Gasteiger charge is -2.06. The van der Waals surface area contributed by atoms with Crippen molar-refractivity contribution in [1.29, 1.82) is 0 Å². The highest BCUT2D eigenvalue weighted by molar-refractivity contribution is 7.89. The van der Waals surface area contributed by atoms with Crippen molar-refractivity contribution in [2.24, 2.45) is 5.14 Å². The van der Waals surface area contributed by atoms with E-state index in [2.05, 4.69) is 5.32 Å². The van der Waals surface area contributed by atoms with Gasteiger partial charge in [0.1, 0.15) is 0 Å². The molecule has 1 aromatic carbocycles. The van der Waals surface area contributed by atoms with Crippen molar-refractivity contribution >= 4 is 33.2 Å². The van der Waals surface area contributed by atoms with Crippen LogP contribution in [0.25, 0.3) is 0 Å². The monoisotopic (exact) mass is 258 g/mol. The maximum absolute atomic E-state index is 11.0. The third-order valence-corrected chi connectivity index (χ3v) is 2.89. The van der Waals surface area contributed by atoms with Crippen molar-refractivity contribution in [2.75, 3.05) is 5.32 Å². The van der Waals surface area contributed by atoms with Gasteiger partial charge >= 0.3 is 0 Å². The highest BCUT2D eigenvalue weighted by Gasteiger charge is 2.11. The maximum atomic E-state index is 11.0. The Labute approximate surface area is 97.6 Å². The number of benzene rings is 1. The summed E-state index contributed by atoms with van der Waals surface area (Å²) in [7, 11) is -3.85. The number of amides is 1. The van der Waals surface area contributed by atoms with E-state index in [1.165, 1.54) is 12.1 Å². The van der Waals surface area contributed by atoms with E-state index in [9.17, 15) is 13.2 Å². The van der Waals surface area contributed by atoms with Gasteiger partial charge in [0.15, 0.2) is 0 Å². The van der Waals surface area contributed by atoms with Gasteiger partial charge in [0, 0.05) is 0 Å². The van der Waals surface area contributed by atoms with Crippen molar-refractivity contribution in [3.63, 3.8) is 0 Å². The third-order valence-electron chi connectivity index (χ3n) is 1.65. The summed E-state index contributed by atoms with van der Waals surface area (Å²) in [4.78, 5) is 10.7. The Kier molecular flexibility index (Phi) is 3.55. The molecule has 1 rings (SSSR count). The van der Waals surface area contributed by atoms with Crippen LogP contribution in [-0.4, -0.2) is 14.3 Å². The summed E-state index contributed by atoms with van der Waals surface area (Å²) < 4.78 is 22.1. The molecule has 0 atom stereocenters. The minimum Gasteiger partial charge on any atom is -0.314 e. The fourth-order valence-electron chi connectivity index (χ4n) is 0.936. The van der Waals surface area contributed by atoms with Crippen molar-refractivity contribution < 1.29 is 13.2 Å². The summed E-state index contributed by atoms with van der Waals surface area (Å²) in [5.41, 5.74) is 0.0936. The fourth-order valence-corrected chi connectivity index (χ4v) is 1.64. The number of terminal acetylenes is 1. The topological polar surface area (TPSA) is 89.3 Å². The van der Waals surface area contributed by atoms with Crippen LogP contribution in [0.2, 0.25) is 5.02 Å². The molecule has 0 unspecified atom stereocenters. The summed E-state index contributed by atoms with van der Waals surface area (Å²) in [6, 6.07) is 3.66. The van der Waals surface area contributed by atoms with Crippen molar-refractivity contribution in [2.45, 2.75) is 4.90 Å². The second-order valence-electron chi connectivity index (χ2n) is 2.79. The summed E-state index contributed by atoms with van der Waals surface area (Å²) in [5, 5.41) is 7.32. The second kappa shape index (κ2) is 4.53. The highest BCUT2D eigenvalue weighted by atomic mass is 35.5. The largest absolute Gasteiger partial charge is 0.314 e. The van der Waals surface area contributed by atoms with E-state index >= 15 is 0 Å². The van der Waals surface area contributed by atoms with Crippen LogP contribution >= 0.6 is 11.6 Å². The number of halogens is 1. The molecule has 0 bridgehead atoms. The van der Waals surface area contributed by atoms with Crippen molar-refractivity contribution in [1.82, 2.24) is 0 Å². The number of anilines is 1. The number of rotatable bonds is 2. The molecule has 0 aliphatic heterocycles. The van der Waals surface area contributed by atoms with E-state index in [1.807, 2.05) is 5.92 Å². The minimum atomic E-state index is -3.85. The van der Waals surface area contributed by atoms with Crippen LogP contribution < -0.4 is 10.5 Å². The summed E-state index contributed by atoms with van der Waals surface area (Å²) in [6.45, 7) is 0. The van der Waals surface area contributed by atoms with Crippen LogP contribution in [0.1, 0.15) is 0 Å². The molecule has 0 aromatic heterocycles. The van der Waals surface area contributed by atoms with Gasteiger partial charge in [-0.15, -0.1) is 6.42 Å². The van der Waals surface area contributed by atoms with Crippen molar-refractivity contribution in [3.8, 4) is 12.3 Å². The highest BCUT2D eigenvalue weighted by Crippen LogP contribution is 2.24. The Bertz CT molecular complexity index is 575. The number of hydrogen-bond donors (Lipinski definition) is 2. The number of carbonyl (C=O) groups is 1. The fraction of sp³-hybridized carbons (Fsp3) is 0. The number of carbonyl (C=O) groups excluding carboxylic acids is 1. The van der Waals surface area contributed by atoms with E-state index in [0.29, 0.717) is 0 Å². The zero-order chi connectivity index (χ0) is 12.3. The molecule has 0 fully saturated rings. The van der Waals surface area contributed by atoms with Crippen LogP contribution in [0.4, 0.5) is 5.69 Å². The Morgan fingerprint density at radius 1 is 1.50 bits per heavy atom. The lowest BCUT2D eigenvalue weighted by molar-refractivity contribution is -0.111. The summed E-state index contributed by atoms with van der Waals surface area (Å²) >= 11 is 5.73. The first-order valence-electron chi connectivity index (χ1n) is 3.94. The Morgan fingerprint density at radius 3 is 2.62 bits per heavy atom. The maximum Gasteiger partial charge on any atom is 0.300 e. The van der Waals surface area contributed by atoms with Gasteiger partial charge in [-0.25, -0.2) is 13.6 Å². The molecule has 0 radical (unpaired) electrons. The average molecular weight is 259 g/mol. The zero-order valence-electron chi connectivity index (χ0n) is 7.90. The molecular weight excluding hydrogens is 252 g/mol. The smallest absolute Gasteiger partial charge is 0.300 e. The summed E-state index contributed by atoms with van der Waals surface area (Å²) in [5.74, 6) is 1.08. The molecular formula is C9H7ClN2O3S. The van der Waals surface area contributed by atoms with E-state index in [4.69, 9.17) is 23.2 Å². The number of primary sulfonamides is 1. The molecule has 5 nitrogen and oxygen atoms in total. The van der Waals surface area contributed by atoms with Gasteiger partial charge in [0.2, 0.25) is 10.0 Å². The molecule has 7 heteroatoms. The van der Waals surface area contributed by atoms with Crippen LogP contribution in [-0.2, 0) is 14.8 Å². The Morgan fingerprint density at radius 2 is 2.12 bits per heavy atom. The van der Waals surface area contributed by atoms with Crippen LogP contribution in [0.15, 0.2) is 23.1 Å². The quantitative estimate of drug-likeness (QED) is 0.760. The molecule has 16 heavy (non-hydrogen) atoms. The van der Waals surface area contributed by atoms with Gasteiger partial charge in [-0.1, -0.05) is 11.6 Å². The first-order valence-corrected chi connectivity index (χ1v) is 5.87. The number of nitrogens with one attached hydrogen (secondary N) is 1. The second-order valence-corrected chi connectivity index (χ2v) is 4.75. The standard InChI is InChI=1S/C9H7ClN2O3S/c1-2-9(13)12-8-5-6(16(11,14)15)3-4-7(8)10/h1,3-5H,(H,12,13)(H2,11,14,15). The molecule has 0 saturated heterocycles. The molecule has 0 spiro atoms. The van der Waals surface area contributed by atoms with Gasteiger partial charge < -0.3 is 5.32 Å².